The van der Waals surface area contributed by atoms with E-state index in [-0.39, 0.29) is 12.0 Å². The van der Waals surface area contributed by atoms with Gasteiger partial charge in [-0.3, -0.25) is 0 Å². The summed E-state index contributed by atoms with van der Waals surface area (Å²) in [6.07, 6.45) is 8.07. The van der Waals surface area contributed by atoms with Crippen LogP contribution in [0.1, 0.15) is 11.5 Å². The number of fused-ring (bicyclic) bond motifs is 3. The molecule has 0 radical (unpaired) electrons. The molecule has 0 aromatic heterocycles. The van der Waals surface area contributed by atoms with Crippen molar-refractivity contribution in [3.63, 3.8) is 0 Å². The van der Waals surface area contributed by atoms with E-state index in [0.717, 1.165) is 5.46 Å². The number of hydrogen-bond donors (Lipinski definition) is 1. The summed E-state index contributed by atoms with van der Waals surface area (Å²) in [6, 6.07) is 7.90. The summed E-state index contributed by atoms with van der Waals surface area (Å²) in [5, 5.41) is 9.82. The molecule has 1 N–H and O–H groups in total. The Kier molecular flexibility index (Phi) is 2.01. The molecule has 0 saturated heterocycles. The Morgan fingerprint density at radius 1 is 1.13 bits per heavy atom. The molecule has 15 heavy (non-hydrogen) atoms. The zero-order valence-corrected chi connectivity index (χ0v) is 8.21. The molecular formula is C12H11BO2. The van der Waals surface area contributed by atoms with Crippen LogP contribution >= 0.6 is 0 Å². The average Bonchev–Trinajstić information content (AvgIpc) is 2.30. The maximum atomic E-state index is 9.82. The van der Waals surface area contributed by atoms with Gasteiger partial charge in [-0.15, -0.1) is 0 Å². The molecule has 3 rings (SSSR count). The molecule has 2 atom stereocenters. The number of benzene rings is 1. The van der Waals surface area contributed by atoms with Crippen LogP contribution in [0.3, 0.4) is 0 Å². The fraction of sp³-hybridized carbons (Fsp3) is 0.167. The van der Waals surface area contributed by atoms with Gasteiger partial charge in [0.1, 0.15) is 0 Å². The molecule has 2 aliphatic rings. The first-order valence-corrected chi connectivity index (χ1v) is 5.13. The smallest absolute Gasteiger partial charge is 0.423 e. The molecule has 0 fully saturated rings. The lowest BCUT2D eigenvalue weighted by Gasteiger charge is -2.33. The minimum atomic E-state index is -0.793. The lowest BCUT2D eigenvalue weighted by Crippen LogP contribution is -2.47. The molecule has 0 saturated carbocycles. The Labute approximate surface area is 89.0 Å². The normalized spacial score (nSPS) is 27.4. The highest BCUT2D eigenvalue weighted by molar-refractivity contribution is 6.61. The Morgan fingerprint density at radius 2 is 1.93 bits per heavy atom. The van der Waals surface area contributed by atoms with Crippen molar-refractivity contribution in [3.8, 4) is 0 Å². The first-order valence-electron chi connectivity index (χ1n) is 5.13. The quantitative estimate of drug-likeness (QED) is 0.629. The van der Waals surface area contributed by atoms with Crippen LogP contribution in [-0.2, 0) is 4.65 Å². The minimum absolute atomic E-state index is 0.0279. The van der Waals surface area contributed by atoms with Crippen molar-refractivity contribution in [1.82, 2.24) is 0 Å². The van der Waals surface area contributed by atoms with Crippen LogP contribution in [0.15, 0.2) is 48.6 Å². The zero-order chi connectivity index (χ0) is 10.3. The van der Waals surface area contributed by atoms with Crippen molar-refractivity contribution in [3.05, 3.63) is 54.1 Å². The monoisotopic (exact) mass is 198 g/mol. The largest absolute Gasteiger partial charge is 0.491 e. The van der Waals surface area contributed by atoms with Gasteiger partial charge >= 0.3 is 7.12 Å². The molecule has 0 amide bonds. The van der Waals surface area contributed by atoms with E-state index in [4.69, 9.17) is 4.65 Å². The van der Waals surface area contributed by atoms with E-state index < -0.39 is 7.12 Å². The van der Waals surface area contributed by atoms with E-state index in [0.29, 0.717) is 0 Å². The summed E-state index contributed by atoms with van der Waals surface area (Å²) >= 11 is 0. The molecular weight excluding hydrogens is 187 g/mol. The SMILES string of the molecule is OB1OC2C=CC=CC2c2ccccc21. The molecule has 2 nitrogen and oxygen atoms in total. The molecule has 74 valence electrons. The third kappa shape index (κ3) is 1.36. The van der Waals surface area contributed by atoms with Gasteiger partial charge in [-0.2, -0.15) is 0 Å². The first kappa shape index (κ1) is 8.95. The summed E-state index contributed by atoms with van der Waals surface area (Å²) in [6.45, 7) is 0. The maximum absolute atomic E-state index is 9.82. The Bertz CT molecular complexity index is 439. The molecule has 3 heteroatoms. The Balaban J connectivity index is 2.12. The molecule has 1 aliphatic heterocycles. The van der Waals surface area contributed by atoms with Gasteiger partial charge in [-0.1, -0.05) is 48.6 Å². The van der Waals surface area contributed by atoms with E-state index >= 15 is 0 Å². The molecule has 0 spiro atoms. The highest BCUT2D eigenvalue weighted by Gasteiger charge is 2.35. The summed E-state index contributed by atoms with van der Waals surface area (Å²) < 4.78 is 5.53. The topological polar surface area (TPSA) is 29.5 Å². The standard InChI is InChI=1S/C12H11BO2/c14-13-11-7-3-1-5-9(11)10-6-2-4-8-12(10)15-13/h1-8,10,12,14H. The summed E-state index contributed by atoms with van der Waals surface area (Å²) in [4.78, 5) is 0. The molecule has 1 aromatic carbocycles. The molecule has 2 unspecified atom stereocenters. The van der Waals surface area contributed by atoms with Crippen LogP contribution in [0.4, 0.5) is 0 Å². The predicted octanol–water partition coefficient (Wildman–Crippen LogP) is 0.983. The summed E-state index contributed by atoms with van der Waals surface area (Å²) in [5.74, 6) is 0.245. The second-order valence-corrected chi connectivity index (χ2v) is 3.88. The fourth-order valence-electron chi connectivity index (χ4n) is 2.26. The fourth-order valence-corrected chi connectivity index (χ4v) is 2.26. The van der Waals surface area contributed by atoms with E-state index in [2.05, 4.69) is 12.1 Å². The number of rotatable bonds is 0. The average molecular weight is 198 g/mol. The minimum Gasteiger partial charge on any atom is -0.423 e. The lowest BCUT2D eigenvalue weighted by molar-refractivity contribution is 0.191. The molecule has 1 aliphatic carbocycles. The lowest BCUT2D eigenvalue weighted by atomic mass is 9.68. The van der Waals surface area contributed by atoms with E-state index in [1.54, 1.807) is 0 Å². The summed E-state index contributed by atoms with van der Waals surface area (Å²) in [5.41, 5.74) is 2.06. The first-order chi connectivity index (χ1) is 7.36. The van der Waals surface area contributed by atoms with Gasteiger partial charge in [-0.25, -0.2) is 0 Å². The molecule has 1 aromatic rings. The Hall–Kier alpha value is -1.32. The summed E-state index contributed by atoms with van der Waals surface area (Å²) in [7, 11) is -0.793. The van der Waals surface area contributed by atoms with Crippen molar-refractivity contribution in [1.29, 1.82) is 0 Å². The number of allylic oxidation sites excluding steroid dienone is 2. The van der Waals surface area contributed by atoms with Crippen LogP contribution in [0, 0.1) is 0 Å². The predicted molar refractivity (Wildman–Crippen MR) is 59.9 cm³/mol. The third-order valence-electron chi connectivity index (χ3n) is 2.99. The van der Waals surface area contributed by atoms with Crippen LogP contribution in [0.5, 0.6) is 0 Å². The van der Waals surface area contributed by atoms with Gasteiger partial charge in [-0.05, 0) is 11.0 Å². The highest BCUT2D eigenvalue weighted by atomic mass is 16.5. The third-order valence-corrected chi connectivity index (χ3v) is 2.99. The van der Waals surface area contributed by atoms with Gasteiger partial charge in [0.2, 0.25) is 0 Å². The highest BCUT2D eigenvalue weighted by Crippen LogP contribution is 2.29. The van der Waals surface area contributed by atoms with E-state index in [1.807, 2.05) is 36.4 Å². The van der Waals surface area contributed by atoms with Gasteiger partial charge in [0, 0.05) is 5.92 Å². The molecule has 0 bridgehead atoms. The zero-order valence-electron chi connectivity index (χ0n) is 8.21. The van der Waals surface area contributed by atoms with Crippen LogP contribution in [-0.4, -0.2) is 18.2 Å². The van der Waals surface area contributed by atoms with Crippen molar-refractivity contribution in [2.75, 3.05) is 0 Å². The van der Waals surface area contributed by atoms with Gasteiger partial charge in [0.25, 0.3) is 0 Å². The maximum Gasteiger partial charge on any atom is 0.491 e. The van der Waals surface area contributed by atoms with E-state index in [1.165, 1.54) is 5.56 Å². The van der Waals surface area contributed by atoms with Gasteiger partial charge < -0.3 is 9.68 Å². The Morgan fingerprint density at radius 3 is 2.87 bits per heavy atom. The van der Waals surface area contributed by atoms with Crippen LogP contribution < -0.4 is 5.46 Å². The van der Waals surface area contributed by atoms with Gasteiger partial charge in [0.15, 0.2) is 0 Å². The molecule has 1 heterocycles. The van der Waals surface area contributed by atoms with Crippen LogP contribution in [0.25, 0.3) is 0 Å². The van der Waals surface area contributed by atoms with Gasteiger partial charge in [0.05, 0.1) is 6.10 Å². The second kappa shape index (κ2) is 3.37. The van der Waals surface area contributed by atoms with Crippen molar-refractivity contribution in [2.45, 2.75) is 12.0 Å². The van der Waals surface area contributed by atoms with Crippen molar-refractivity contribution < 1.29 is 9.68 Å². The van der Waals surface area contributed by atoms with Crippen molar-refractivity contribution >= 4 is 12.6 Å². The van der Waals surface area contributed by atoms with Crippen LogP contribution in [0.2, 0.25) is 0 Å². The van der Waals surface area contributed by atoms with E-state index in [9.17, 15) is 5.02 Å². The van der Waals surface area contributed by atoms with Crippen molar-refractivity contribution in [2.24, 2.45) is 0 Å². The second-order valence-electron chi connectivity index (χ2n) is 3.88. The number of hydrogen-bond acceptors (Lipinski definition) is 2.